The van der Waals surface area contributed by atoms with Crippen molar-refractivity contribution >= 4 is 86.2 Å². The van der Waals surface area contributed by atoms with Crippen molar-refractivity contribution in [3.63, 3.8) is 0 Å². The van der Waals surface area contributed by atoms with Gasteiger partial charge in [-0.05, 0) is 97.1 Å². The molecule has 0 spiro atoms. The Balaban J connectivity index is 0.859. The van der Waals surface area contributed by atoms with Gasteiger partial charge in [-0.3, -0.25) is 9.55 Å². The summed E-state index contributed by atoms with van der Waals surface area (Å²) in [6.45, 7) is 0. The van der Waals surface area contributed by atoms with Crippen LogP contribution in [-0.4, -0.2) is 44.0 Å². The largest absolute Gasteiger partial charge is 0.309 e. The first-order valence-electron chi connectivity index (χ1n) is 24.1. The molecule has 0 saturated carbocycles. The predicted molar refractivity (Wildman–Crippen MR) is 297 cm³/mol. The van der Waals surface area contributed by atoms with Gasteiger partial charge < -0.3 is 4.57 Å². The van der Waals surface area contributed by atoms with Crippen molar-refractivity contribution in [2.24, 2.45) is 0 Å². The van der Waals surface area contributed by atoms with Crippen LogP contribution >= 0.6 is 11.3 Å². The highest BCUT2D eigenvalue weighted by Crippen LogP contribution is 2.42. The molecular weight excluding hydrogens is 915 g/mol. The topological polar surface area (TPSA) is 100 Å². The first-order chi connectivity index (χ1) is 36.1. The van der Waals surface area contributed by atoms with Crippen molar-refractivity contribution in [1.82, 2.24) is 44.0 Å². The van der Waals surface area contributed by atoms with Gasteiger partial charge in [0.15, 0.2) is 23.3 Å². The van der Waals surface area contributed by atoms with Gasteiger partial charge in [-0.2, -0.15) is 0 Å². The van der Waals surface area contributed by atoms with Crippen LogP contribution in [0.1, 0.15) is 0 Å². The van der Waals surface area contributed by atoms with Gasteiger partial charge >= 0.3 is 0 Å². The average molecular weight is 952 g/mol. The maximum Gasteiger partial charge on any atom is 0.164 e. The molecule has 73 heavy (non-hydrogen) atoms. The van der Waals surface area contributed by atoms with Crippen molar-refractivity contribution in [2.45, 2.75) is 0 Å². The van der Waals surface area contributed by atoms with Crippen molar-refractivity contribution in [2.75, 3.05) is 0 Å². The van der Waals surface area contributed by atoms with Crippen molar-refractivity contribution < 1.29 is 0 Å². The Morgan fingerprint density at radius 3 is 1.60 bits per heavy atom. The average Bonchev–Trinajstić information content (AvgIpc) is 4.11. The second kappa shape index (κ2) is 16.4. The number of thiophene rings is 1. The van der Waals surface area contributed by atoms with Crippen LogP contribution in [0.15, 0.2) is 225 Å². The molecule has 8 aromatic carbocycles. The zero-order valence-electron chi connectivity index (χ0n) is 38.8. The lowest BCUT2D eigenvalue weighted by Crippen LogP contribution is -2.01. The fourth-order valence-electron chi connectivity index (χ4n) is 10.5. The second-order valence-electron chi connectivity index (χ2n) is 18.2. The van der Waals surface area contributed by atoms with Gasteiger partial charge in [0.2, 0.25) is 0 Å². The number of aromatic nitrogens is 9. The van der Waals surface area contributed by atoms with E-state index in [1.54, 1.807) is 17.5 Å². The summed E-state index contributed by atoms with van der Waals surface area (Å²) in [6, 6.07) is 73.9. The molecule has 340 valence electrons. The number of fused-ring (bicyclic) bond motifs is 10. The number of rotatable bonds is 7. The summed E-state index contributed by atoms with van der Waals surface area (Å²) in [5, 5.41) is 6.89. The maximum atomic E-state index is 5.35. The Morgan fingerprint density at radius 2 is 0.890 bits per heavy atom. The summed E-state index contributed by atoms with van der Waals surface area (Å²) in [7, 11) is 0. The Kier molecular flexibility index (Phi) is 9.23. The smallest absolute Gasteiger partial charge is 0.164 e. The van der Waals surface area contributed by atoms with Gasteiger partial charge in [-0.25, -0.2) is 29.9 Å². The molecule has 15 aromatic rings. The predicted octanol–water partition coefficient (Wildman–Crippen LogP) is 15.5. The molecule has 0 aliphatic heterocycles. The minimum atomic E-state index is 0.607. The highest BCUT2D eigenvalue weighted by molar-refractivity contribution is 7.25. The molecule has 7 heterocycles. The quantitative estimate of drug-likeness (QED) is 0.157. The van der Waals surface area contributed by atoms with E-state index in [4.69, 9.17) is 29.9 Å². The molecule has 0 amide bonds. The van der Waals surface area contributed by atoms with Gasteiger partial charge in [0.05, 0.1) is 38.8 Å². The maximum absolute atomic E-state index is 5.35. The lowest BCUT2D eigenvalue weighted by molar-refractivity contribution is 1.05. The van der Waals surface area contributed by atoms with E-state index in [2.05, 4.69) is 142 Å². The SMILES string of the molecule is c1ccc(-c2nc(-c3ccccc3)nc(-c3cccc(-n4c5ccccc5c5cc6c(cc54)c4ccccc4n6-c4ccnc(-c5ccc6sc7ccc(-c8ccc9ncccc9n8)cc7c6c5)n4)c3)n2)cc1. The minimum Gasteiger partial charge on any atom is -0.309 e. The third kappa shape index (κ3) is 6.80. The van der Waals surface area contributed by atoms with Gasteiger partial charge in [0.25, 0.3) is 0 Å². The van der Waals surface area contributed by atoms with Crippen LogP contribution in [-0.2, 0) is 0 Å². The number of para-hydroxylation sites is 2. The highest BCUT2D eigenvalue weighted by atomic mass is 32.1. The summed E-state index contributed by atoms with van der Waals surface area (Å²) in [6.07, 6.45) is 3.68. The van der Waals surface area contributed by atoms with E-state index < -0.39 is 0 Å². The highest BCUT2D eigenvalue weighted by Gasteiger charge is 2.21. The van der Waals surface area contributed by atoms with Crippen molar-refractivity contribution in [3.05, 3.63) is 225 Å². The summed E-state index contributed by atoms with van der Waals surface area (Å²) in [5.74, 6) is 3.31. The molecular formula is C63H37N9S. The number of hydrogen-bond acceptors (Lipinski definition) is 8. The molecule has 9 nitrogen and oxygen atoms in total. The molecule has 0 aliphatic rings. The van der Waals surface area contributed by atoms with Crippen LogP contribution in [0.25, 0.3) is 143 Å². The van der Waals surface area contributed by atoms with E-state index >= 15 is 0 Å². The van der Waals surface area contributed by atoms with E-state index in [0.29, 0.717) is 23.3 Å². The first-order valence-corrected chi connectivity index (χ1v) is 24.9. The van der Waals surface area contributed by atoms with Gasteiger partial charge in [-0.1, -0.05) is 115 Å². The summed E-state index contributed by atoms with van der Waals surface area (Å²) in [4.78, 5) is 34.8. The van der Waals surface area contributed by atoms with Gasteiger partial charge in [0, 0.05) is 87.6 Å². The molecule has 7 aromatic heterocycles. The monoisotopic (exact) mass is 951 g/mol. The molecule has 0 bridgehead atoms. The molecule has 10 heteroatoms. The molecule has 15 rings (SSSR count). The van der Waals surface area contributed by atoms with Crippen LogP contribution in [0.4, 0.5) is 0 Å². The normalized spacial score (nSPS) is 11.8. The first kappa shape index (κ1) is 41.1. The summed E-state index contributed by atoms with van der Waals surface area (Å²) < 4.78 is 7.08. The third-order valence-corrected chi connectivity index (χ3v) is 15.0. The molecule has 0 radical (unpaired) electrons. The molecule has 0 N–H and O–H groups in total. The second-order valence-corrected chi connectivity index (χ2v) is 19.3. The van der Waals surface area contributed by atoms with Crippen molar-refractivity contribution in [1.29, 1.82) is 0 Å². The Morgan fingerprint density at radius 1 is 0.301 bits per heavy atom. The third-order valence-electron chi connectivity index (χ3n) is 13.9. The van der Waals surface area contributed by atoms with E-state index in [1.165, 1.54) is 20.2 Å². The zero-order chi connectivity index (χ0) is 48.0. The fraction of sp³-hybridized carbons (Fsp3) is 0. The van der Waals surface area contributed by atoms with E-state index in [1.807, 2.05) is 91.1 Å². The number of hydrogen-bond donors (Lipinski definition) is 0. The van der Waals surface area contributed by atoms with Gasteiger partial charge in [-0.15, -0.1) is 11.3 Å². The molecule has 0 aliphatic carbocycles. The van der Waals surface area contributed by atoms with E-state index in [9.17, 15) is 0 Å². The Labute approximate surface area is 421 Å². The standard InChI is InChI=1S/C63H37N9S/c1-3-13-38(14-4-1)61-68-62(39-15-5-2-6-16-39)70-63(69-61)41-17-11-18-43(33-41)71-53-22-9-7-19-44(53)46-37-56-47(36-55(46)71)45-20-8-10-23-54(45)72(56)59-30-32-65-60(67-59)42-25-29-58-49(35-42)48-34-40(24-28-57(48)73-58)50-26-27-51-52(66-50)21-12-31-64-51/h1-37H. The number of pyridine rings is 2. The van der Waals surface area contributed by atoms with E-state index in [0.717, 1.165) is 99.7 Å². The van der Waals surface area contributed by atoms with Crippen LogP contribution in [0, 0.1) is 0 Å². The molecule has 0 unspecified atom stereocenters. The van der Waals surface area contributed by atoms with Crippen molar-refractivity contribution in [3.8, 4) is 68.3 Å². The molecule has 0 fully saturated rings. The lowest BCUT2D eigenvalue weighted by atomic mass is 10.0. The summed E-state index contributed by atoms with van der Waals surface area (Å²) in [5.41, 5.74) is 12.8. The minimum absolute atomic E-state index is 0.607. The van der Waals surface area contributed by atoms with Crippen LogP contribution in [0.3, 0.4) is 0 Å². The zero-order valence-corrected chi connectivity index (χ0v) is 39.6. The lowest BCUT2D eigenvalue weighted by Gasteiger charge is -2.12. The van der Waals surface area contributed by atoms with Crippen LogP contribution in [0.2, 0.25) is 0 Å². The van der Waals surface area contributed by atoms with Gasteiger partial charge in [0.1, 0.15) is 5.82 Å². The molecule has 0 saturated heterocycles. The molecule has 0 atom stereocenters. The van der Waals surface area contributed by atoms with Crippen LogP contribution in [0.5, 0.6) is 0 Å². The fourth-order valence-corrected chi connectivity index (χ4v) is 11.6. The van der Waals surface area contributed by atoms with E-state index in [-0.39, 0.29) is 0 Å². The number of nitrogens with zero attached hydrogens (tertiary/aromatic N) is 9. The van der Waals surface area contributed by atoms with Crippen LogP contribution < -0.4 is 0 Å². The summed E-state index contributed by atoms with van der Waals surface area (Å²) >= 11 is 1.79. The Hall–Kier alpha value is -9.77. The number of benzene rings is 8. The Bertz CT molecular complexity index is 4640.